The van der Waals surface area contributed by atoms with Crippen LogP contribution in [0.15, 0.2) is 65.8 Å². The second-order valence-electron chi connectivity index (χ2n) is 4.80. The van der Waals surface area contributed by atoms with E-state index in [-0.39, 0.29) is 18.8 Å². The van der Waals surface area contributed by atoms with Gasteiger partial charge in [-0.2, -0.15) is 0 Å². The number of azide groups is 1. The standard InChI is InChI=1S/C16H15N3O2/c17-19-18-11-14-15(12-7-3-1-4-8-12)21-16(20-14)13-9-5-2-6-10-13/h1-10,14-16H,11H2/t14-,15-,16?/m0/s1. The average Bonchev–Trinajstić information content (AvgIpc) is 2.99. The van der Waals surface area contributed by atoms with Crippen molar-refractivity contribution < 1.29 is 9.47 Å². The van der Waals surface area contributed by atoms with Gasteiger partial charge in [0.1, 0.15) is 6.10 Å². The molecule has 2 aromatic carbocycles. The van der Waals surface area contributed by atoms with E-state index in [1.54, 1.807) is 0 Å². The van der Waals surface area contributed by atoms with Gasteiger partial charge in [0.15, 0.2) is 6.29 Å². The Hall–Kier alpha value is -2.33. The molecule has 0 bridgehead atoms. The quantitative estimate of drug-likeness (QED) is 0.480. The van der Waals surface area contributed by atoms with Crippen LogP contribution in [0.2, 0.25) is 0 Å². The van der Waals surface area contributed by atoms with E-state index in [9.17, 15) is 0 Å². The summed E-state index contributed by atoms with van der Waals surface area (Å²) in [4.78, 5) is 2.81. The molecule has 1 aliphatic rings. The van der Waals surface area contributed by atoms with E-state index in [0.717, 1.165) is 11.1 Å². The maximum Gasteiger partial charge on any atom is 0.185 e. The number of hydrogen-bond acceptors (Lipinski definition) is 3. The van der Waals surface area contributed by atoms with Crippen LogP contribution >= 0.6 is 0 Å². The molecule has 0 saturated carbocycles. The minimum absolute atomic E-state index is 0.234. The van der Waals surface area contributed by atoms with Crippen molar-refractivity contribution in [2.45, 2.75) is 18.5 Å². The fourth-order valence-corrected chi connectivity index (χ4v) is 2.44. The highest BCUT2D eigenvalue weighted by atomic mass is 16.7. The molecule has 1 aliphatic heterocycles. The Bertz CT molecular complexity index is 626. The Balaban J connectivity index is 1.85. The Morgan fingerprint density at radius 3 is 2.14 bits per heavy atom. The summed E-state index contributed by atoms with van der Waals surface area (Å²) in [5.74, 6) is 0. The summed E-state index contributed by atoms with van der Waals surface area (Å²) < 4.78 is 12.0. The smallest absolute Gasteiger partial charge is 0.185 e. The van der Waals surface area contributed by atoms with Crippen molar-refractivity contribution in [1.82, 2.24) is 0 Å². The Morgan fingerprint density at radius 1 is 0.905 bits per heavy atom. The molecule has 0 aromatic heterocycles. The van der Waals surface area contributed by atoms with E-state index in [2.05, 4.69) is 10.0 Å². The first-order valence-electron chi connectivity index (χ1n) is 6.80. The highest BCUT2D eigenvalue weighted by Crippen LogP contribution is 2.39. The molecule has 0 amide bonds. The highest BCUT2D eigenvalue weighted by Gasteiger charge is 2.37. The van der Waals surface area contributed by atoms with Crippen molar-refractivity contribution in [2.75, 3.05) is 6.54 Å². The van der Waals surface area contributed by atoms with Crippen molar-refractivity contribution in [3.05, 3.63) is 82.2 Å². The molecule has 5 nitrogen and oxygen atoms in total. The molecule has 3 atom stereocenters. The summed E-state index contributed by atoms with van der Waals surface area (Å²) in [5, 5.41) is 3.63. The van der Waals surface area contributed by atoms with Gasteiger partial charge in [-0.15, -0.1) is 0 Å². The molecule has 0 radical (unpaired) electrons. The minimum Gasteiger partial charge on any atom is -0.342 e. The number of ether oxygens (including phenoxy) is 2. The first-order chi connectivity index (χ1) is 10.4. The lowest BCUT2D eigenvalue weighted by Crippen LogP contribution is -2.18. The summed E-state index contributed by atoms with van der Waals surface area (Å²) >= 11 is 0. The first kappa shape index (κ1) is 13.6. The van der Waals surface area contributed by atoms with Crippen molar-refractivity contribution in [1.29, 1.82) is 0 Å². The topological polar surface area (TPSA) is 67.2 Å². The largest absolute Gasteiger partial charge is 0.342 e. The minimum atomic E-state index is -0.435. The zero-order chi connectivity index (χ0) is 14.5. The summed E-state index contributed by atoms with van der Waals surface area (Å²) in [6, 6.07) is 19.6. The SMILES string of the molecule is [N-]=[N+]=NC[C@@H]1OC(c2ccccc2)O[C@H]1c1ccccc1. The van der Waals surface area contributed by atoms with Gasteiger partial charge in [-0.25, -0.2) is 0 Å². The van der Waals surface area contributed by atoms with Crippen LogP contribution < -0.4 is 0 Å². The summed E-state index contributed by atoms with van der Waals surface area (Å²) in [6.45, 7) is 0.249. The molecule has 5 heteroatoms. The Morgan fingerprint density at radius 2 is 1.52 bits per heavy atom. The number of hydrogen-bond donors (Lipinski definition) is 0. The molecule has 0 N–H and O–H groups in total. The molecule has 0 aliphatic carbocycles. The molecule has 2 aromatic rings. The van der Waals surface area contributed by atoms with Gasteiger partial charge in [-0.05, 0) is 11.1 Å². The molecular formula is C16H15N3O2. The van der Waals surface area contributed by atoms with Crippen LogP contribution in [0.4, 0.5) is 0 Å². The molecule has 1 unspecified atom stereocenters. The Kier molecular flexibility index (Phi) is 4.17. The van der Waals surface area contributed by atoms with Crippen LogP contribution in [0.5, 0.6) is 0 Å². The lowest BCUT2D eigenvalue weighted by atomic mass is 10.1. The van der Waals surface area contributed by atoms with Gasteiger partial charge in [-0.3, -0.25) is 0 Å². The van der Waals surface area contributed by atoms with E-state index in [1.165, 1.54) is 0 Å². The highest BCUT2D eigenvalue weighted by molar-refractivity contribution is 5.22. The van der Waals surface area contributed by atoms with Gasteiger partial charge in [0, 0.05) is 10.5 Å². The monoisotopic (exact) mass is 281 g/mol. The first-order valence-corrected chi connectivity index (χ1v) is 6.80. The second-order valence-corrected chi connectivity index (χ2v) is 4.80. The van der Waals surface area contributed by atoms with Gasteiger partial charge in [-0.1, -0.05) is 65.8 Å². The van der Waals surface area contributed by atoms with Crippen molar-refractivity contribution in [3.63, 3.8) is 0 Å². The van der Waals surface area contributed by atoms with E-state index in [0.29, 0.717) is 0 Å². The maximum absolute atomic E-state index is 8.53. The van der Waals surface area contributed by atoms with Crippen molar-refractivity contribution >= 4 is 0 Å². The molecular weight excluding hydrogens is 266 g/mol. The predicted molar refractivity (Wildman–Crippen MR) is 78.3 cm³/mol. The lowest BCUT2D eigenvalue weighted by Gasteiger charge is -2.14. The molecule has 1 heterocycles. The van der Waals surface area contributed by atoms with Crippen LogP contribution in [-0.4, -0.2) is 12.6 Å². The molecule has 3 rings (SSSR count). The third kappa shape index (κ3) is 3.06. The summed E-state index contributed by atoms with van der Waals surface area (Å²) in [7, 11) is 0. The van der Waals surface area contributed by atoms with E-state index in [1.807, 2.05) is 60.7 Å². The third-order valence-electron chi connectivity index (χ3n) is 3.43. The van der Waals surface area contributed by atoms with Crippen molar-refractivity contribution in [2.24, 2.45) is 5.11 Å². The second kappa shape index (κ2) is 6.41. The summed E-state index contributed by atoms with van der Waals surface area (Å²) in [6.07, 6.45) is -0.953. The predicted octanol–water partition coefficient (Wildman–Crippen LogP) is 4.15. The van der Waals surface area contributed by atoms with Crippen LogP contribution in [0.3, 0.4) is 0 Å². The summed E-state index contributed by atoms with van der Waals surface area (Å²) in [5.41, 5.74) is 10.5. The van der Waals surface area contributed by atoms with Gasteiger partial charge in [0.25, 0.3) is 0 Å². The molecule has 21 heavy (non-hydrogen) atoms. The van der Waals surface area contributed by atoms with Crippen LogP contribution in [0, 0.1) is 0 Å². The van der Waals surface area contributed by atoms with Gasteiger partial charge < -0.3 is 9.47 Å². The zero-order valence-corrected chi connectivity index (χ0v) is 11.4. The molecule has 1 fully saturated rings. The maximum atomic E-state index is 8.53. The van der Waals surface area contributed by atoms with Crippen LogP contribution in [0.1, 0.15) is 23.5 Å². The Labute approximate surface area is 122 Å². The third-order valence-corrected chi connectivity index (χ3v) is 3.43. The lowest BCUT2D eigenvalue weighted by molar-refractivity contribution is -0.0684. The molecule has 106 valence electrons. The van der Waals surface area contributed by atoms with E-state index >= 15 is 0 Å². The number of benzene rings is 2. The van der Waals surface area contributed by atoms with Gasteiger partial charge in [0.2, 0.25) is 0 Å². The zero-order valence-electron chi connectivity index (χ0n) is 11.4. The average molecular weight is 281 g/mol. The molecule has 1 saturated heterocycles. The van der Waals surface area contributed by atoms with E-state index < -0.39 is 6.29 Å². The normalized spacial score (nSPS) is 24.5. The number of rotatable bonds is 4. The van der Waals surface area contributed by atoms with Crippen molar-refractivity contribution in [3.8, 4) is 0 Å². The van der Waals surface area contributed by atoms with Crippen LogP contribution in [0.25, 0.3) is 10.4 Å². The van der Waals surface area contributed by atoms with Gasteiger partial charge >= 0.3 is 0 Å². The fourth-order valence-electron chi connectivity index (χ4n) is 2.44. The van der Waals surface area contributed by atoms with Crippen LogP contribution in [-0.2, 0) is 9.47 Å². The number of nitrogens with zero attached hydrogens (tertiary/aromatic N) is 3. The molecule has 0 spiro atoms. The fraction of sp³-hybridized carbons (Fsp3) is 0.250. The van der Waals surface area contributed by atoms with Gasteiger partial charge in [0.05, 0.1) is 12.6 Å². The van der Waals surface area contributed by atoms with E-state index in [4.69, 9.17) is 15.0 Å².